The van der Waals surface area contributed by atoms with Crippen molar-refractivity contribution in [3.63, 3.8) is 0 Å². The van der Waals surface area contributed by atoms with Crippen molar-refractivity contribution in [1.29, 1.82) is 0 Å². The second-order valence-corrected chi connectivity index (χ2v) is 19.7. The van der Waals surface area contributed by atoms with E-state index in [1.165, 1.54) is 99.0 Å². The van der Waals surface area contributed by atoms with E-state index in [-0.39, 0.29) is 0 Å². The van der Waals surface area contributed by atoms with Crippen molar-refractivity contribution in [3.05, 3.63) is 303 Å². The van der Waals surface area contributed by atoms with Gasteiger partial charge in [-0.1, -0.05) is 231 Å². The molecule has 2 heteroatoms. The van der Waals surface area contributed by atoms with Gasteiger partial charge in [-0.2, -0.15) is 0 Å². The van der Waals surface area contributed by atoms with Crippen LogP contribution in [0.4, 0.5) is 17.1 Å². The van der Waals surface area contributed by atoms with Crippen LogP contribution in [-0.2, 0) is 0 Å². The maximum atomic E-state index is 2.46. The lowest BCUT2D eigenvalue weighted by molar-refractivity contribution is 1.18. The Morgan fingerprint density at radius 2 is 0.632 bits per heavy atom. The number of hydrogen-bond acceptors (Lipinski definition) is 1. The number of para-hydroxylation sites is 2. The topological polar surface area (TPSA) is 8.17 Å². The molecular formula is C74H50N2. The van der Waals surface area contributed by atoms with Crippen LogP contribution in [0.15, 0.2) is 303 Å². The van der Waals surface area contributed by atoms with Crippen LogP contribution in [0, 0.1) is 0 Å². The van der Waals surface area contributed by atoms with E-state index in [9.17, 15) is 0 Å². The van der Waals surface area contributed by atoms with Crippen LogP contribution in [-0.4, -0.2) is 4.57 Å². The van der Waals surface area contributed by atoms with Gasteiger partial charge < -0.3 is 9.47 Å². The number of benzene rings is 13. The van der Waals surface area contributed by atoms with E-state index in [4.69, 9.17) is 0 Å². The van der Waals surface area contributed by atoms with Crippen molar-refractivity contribution in [3.8, 4) is 72.4 Å². The van der Waals surface area contributed by atoms with Crippen molar-refractivity contribution in [2.75, 3.05) is 4.90 Å². The van der Waals surface area contributed by atoms with E-state index in [2.05, 4.69) is 313 Å². The first-order valence-corrected chi connectivity index (χ1v) is 26.1. The van der Waals surface area contributed by atoms with Crippen LogP contribution < -0.4 is 4.90 Å². The fourth-order valence-corrected chi connectivity index (χ4v) is 11.5. The smallest absolute Gasteiger partial charge is 0.0541 e. The number of anilines is 3. The zero-order valence-electron chi connectivity index (χ0n) is 41.8. The van der Waals surface area contributed by atoms with Gasteiger partial charge in [-0.25, -0.2) is 0 Å². The molecule has 0 saturated heterocycles. The Labute approximate surface area is 443 Å². The van der Waals surface area contributed by atoms with Gasteiger partial charge in [0, 0.05) is 33.5 Å². The Hall–Kier alpha value is -10.0. The fraction of sp³-hybridized carbons (Fsp3) is 0. The van der Waals surface area contributed by atoms with Crippen LogP contribution >= 0.6 is 0 Å². The van der Waals surface area contributed by atoms with Gasteiger partial charge in [-0.3, -0.25) is 0 Å². The Balaban J connectivity index is 0.820. The SMILES string of the molecule is c1ccc(-c2ccccc2-c2ccc(N(c3ccccc3)c3cccc(-c4ccc(-c5ccc6c(c5)c5ccccc5n6-c5cc(-c6cccc7ccccc67)cc(-c6cccc7ccccc67)c5)cc4)c3)cc2)cc1. The number of fused-ring (bicyclic) bond motifs is 5. The monoisotopic (exact) mass is 966 g/mol. The third-order valence-corrected chi connectivity index (χ3v) is 15.2. The Morgan fingerprint density at radius 3 is 1.28 bits per heavy atom. The highest BCUT2D eigenvalue weighted by Gasteiger charge is 2.19. The average molecular weight is 967 g/mol. The summed E-state index contributed by atoms with van der Waals surface area (Å²) < 4.78 is 2.46. The summed E-state index contributed by atoms with van der Waals surface area (Å²) in [4.78, 5) is 2.35. The summed E-state index contributed by atoms with van der Waals surface area (Å²) >= 11 is 0. The van der Waals surface area contributed by atoms with Crippen LogP contribution in [0.5, 0.6) is 0 Å². The molecule has 14 aromatic rings. The maximum absolute atomic E-state index is 2.46. The van der Waals surface area contributed by atoms with Crippen LogP contribution in [0.2, 0.25) is 0 Å². The summed E-state index contributed by atoms with van der Waals surface area (Å²) in [6, 6.07) is 111. The second kappa shape index (κ2) is 19.1. The van der Waals surface area contributed by atoms with E-state index in [1.54, 1.807) is 0 Å². The summed E-state index contributed by atoms with van der Waals surface area (Å²) in [7, 11) is 0. The van der Waals surface area contributed by atoms with E-state index in [0.717, 1.165) is 33.9 Å². The molecule has 0 atom stereocenters. The summed E-state index contributed by atoms with van der Waals surface area (Å²) in [5.41, 5.74) is 21.1. The summed E-state index contributed by atoms with van der Waals surface area (Å²) in [6.07, 6.45) is 0. The van der Waals surface area contributed by atoms with E-state index >= 15 is 0 Å². The fourth-order valence-electron chi connectivity index (χ4n) is 11.5. The quantitative estimate of drug-likeness (QED) is 0.133. The number of hydrogen-bond donors (Lipinski definition) is 0. The van der Waals surface area contributed by atoms with Crippen LogP contribution in [0.1, 0.15) is 0 Å². The minimum atomic E-state index is 1.10. The molecule has 76 heavy (non-hydrogen) atoms. The predicted octanol–water partition coefficient (Wildman–Crippen LogP) is 20.6. The minimum Gasteiger partial charge on any atom is -0.310 e. The normalized spacial score (nSPS) is 11.4. The molecule has 1 heterocycles. The van der Waals surface area contributed by atoms with Crippen molar-refractivity contribution in [2.45, 2.75) is 0 Å². The molecule has 2 nitrogen and oxygen atoms in total. The lowest BCUT2D eigenvalue weighted by Crippen LogP contribution is -2.09. The van der Waals surface area contributed by atoms with Gasteiger partial charge in [0.1, 0.15) is 0 Å². The van der Waals surface area contributed by atoms with Gasteiger partial charge in [-0.05, 0) is 161 Å². The van der Waals surface area contributed by atoms with Gasteiger partial charge in [0.2, 0.25) is 0 Å². The third kappa shape index (κ3) is 8.10. The minimum absolute atomic E-state index is 1.10. The zero-order valence-corrected chi connectivity index (χ0v) is 41.8. The molecule has 0 amide bonds. The van der Waals surface area contributed by atoms with Gasteiger partial charge in [-0.15, -0.1) is 0 Å². The molecule has 0 spiro atoms. The van der Waals surface area contributed by atoms with Gasteiger partial charge in [0.25, 0.3) is 0 Å². The van der Waals surface area contributed by atoms with Gasteiger partial charge >= 0.3 is 0 Å². The molecule has 0 aliphatic rings. The molecule has 0 N–H and O–H groups in total. The lowest BCUT2D eigenvalue weighted by atomic mass is 9.92. The van der Waals surface area contributed by atoms with E-state index in [1.807, 2.05) is 0 Å². The summed E-state index contributed by atoms with van der Waals surface area (Å²) in [5.74, 6) is 0. The molecule has 0 bridgehead atoms. The Kier molecular flexibility index (Phi) is 11.2. The molecule has 1 aromatic heterocycles. The van der Waals surface area contributed by atoms with Crippen molar-refractivity contribution in [2.24, 2.45) is 0 Å². The molecule has 0 fully saturated rings. The first-order chi connectivity index (χ1) is 37.7. The van der Waals surface area contributed by atoms with Crippen molar-refractivity contribution >= 4 is 60.4 Å². The largest absolute Gasteiger partial charge is 0.310 e. The highest BCUT2D eigenvalue weighted by Crippen LogP contribution is 2.42. The van der Waals surface area contributed by atoms with Crippen molar-refractivity contribution in [1.82, 2.24) is 4.57 Å². The van der Waals surface area contributed by atoms with Crippen molar-refractivity contribution < 1.29 is 0 Å². The predicted molar refractivity (Wildman–Crippen MR) is 323 cm³/mol. The number of nitrogens with zero attached hydrogens (tertiary/aromatic N) is 2. The lowest BCUT2D eigenvalue weighted by Gasteiger charge is -2.26. The summed E-state index contributed by atoms with van der Waals surface area (Å²) in [6.45, 7) is 0. The maximum Gasteiger partial charge on any atom is 0.0541 e. The molecular weight excluding hydrogens is 917 g/mol. The number of rotatable bonds is 10. The molecule has 0 radical (unpaired) electrons. The first kappa shape index (κ1) is 44.7. The molecule has 0 aliphatic carbocycles. The average Bonchev–Trinajstić information content (AvgIpc) is 3.85. The van der Waals surface area contributed by atoms with E-state index in [0.29, 0.717) is 0 Å². The van der Waals surface area contributed by atoms with Gasteiger partial charge in [0.05, 0.1) is 11.0 Å². The highest BCUT2D eigenvalue weighted by molar-refractivity contribution is 6.11. The molecule has 14 rings (SSSR count). The second-order valence-electron chi connectivity index (χ2n) is 19.7. The van der Waals surface area contributed by atoms with Gasteiger partial charge in [0.15, 0.2) is 0 Å². The Bertz CT molecular complexity index is 4330. The highest BCUT2D eigenvalue weighted by atomic mass is 15.1. The molecule has 356 valence electrons. The van der Waals surface area contributed by atoms with Crippen LogP contribution in [0.3, 0.4) is 0 Å². The molecule has 0 aliphatic heterocycles. The zero-order chi connectivity index (χ0) is 50.4. The standard InChI is InChI=1S/C74H50N2/c1-3-18-53(19-4-1)65-30-11-12-31-68(65)56-40-43-62(44-41-56)75(61-25-5-2-6-26-61)63-27-15-24-57(47-63)51-36-38-52(39-37-51)58-42-45-74-72(50-58)71-32-13-14-35-73(71)76(74)64-48-59(69-33-16-22-54-20-7-9-28-66(54)69)46-60(49-64)70-34-17-23-55-21-8-10-29-67(55)70/h1-50H. The van der Waals surface area contributed by atoms with Crippen LogP contribution in [0.25, 0.3) is 116 Å². The third-order valence-electron chi connectivity index (χ3n) is 15.2. The molecule has 0 unspecified atom stereocenters. The molecule has 13 aromatic carbocycles. The summed E-state index contributed by atoms with van der Waals surface area (Å²) in [5, 5.41) is 7.41. The first-order valence-electron chi connectivity index (χ1n) is 26.1. The number of aromatic nitrogens is 1. The Morgan fingerprint density at radius 1 is 0.211 bits per heavy atom. The molecule has 0 saturated carbocycles. The van der Waals surface area contributed by atoms with E-state index < -0.39 is 0 Å².